The number of fused-ring (bicyclic) bond motifs is 1. The predicted molar refractivity (Wildman–Crippen MR) is 133 cm³/mol. The molecule has 0 aliphatic heterocycles. The van der Waals surface area contributed by atoms with Gasteiger partial charge in [-0.25, -0.2) is 18.2 Å². The van der Waals surface area contributed by atoms with Gasteiger partial charge >= 0.3 is 5.69 Å². The number of benzene rings is 2. The van der Waals surface area contributed by atoms with E-state index in [4.69, 9.17) is 0 Å². The molecule has 4 rings (SSSR count). The first-order valence-corrected chi connectivity index (χ1v) is 12.0. The molecule has 0 radical (unpaired) electrons. The maximum absolute atomic E-state index is 13.1. The van der Waals surface area contributed by atoms with Gasteiger partial charge < -0.3 is 5.32 Å². The van der Waals surface area contributed by atoms with E-state index >= 15 is 0 Å². The number of hydrogen-bond acceptors (Lipinski definition) is 6. The molecule has 1 amide bonds. The van der Waals surface area contributed by atoms with Gasteiger partial charge in [-0.15, -0.1) is 0 Å². The monoisotopic (exact) mass is 493 g/mol. The number of aromatic nitrogens is 3. The Morgan fingerprint density at radius 3 is 2.37 bits per heavy atom. The Labute approximate surface area is 201 Å². The van der Waals surface area contributed by atoms with E-state index in [1.54, 1.807) is 12.1 Å². The average molecular weight is 494 g/mol. The topological polar surface area (TPSA) is 123 Å². The highest BCUT2D eigenvalue weighted by Crippen LogP contribution is 2.23. The molecule has 180 valence electrons. The van der Waals surface area contributed by atoms with Gasteiger partial charge in [0.1, 0.15) is 5.65 Å². The van der Waals surface area contributed by atoms with E-state index in [1.165, 1.54) is 62.2 Å². The number of carbonyl (C=O) groups is 1. The normalized spacial score (nSPS) is 11.4. The number of rotatable bonds is 5. The zero-order chi connectivity index (χ0) is 25.5. The summed E-state index contributed by atoms with van der Waals surface area (Å²) in [6.07, 6.45) is 1.32. The van der Waals surface area contributed by atoms with Gasteiger partial charge in [-0.05, 0) is 43.3 Å². The minimum Gasteiger partial charge on any atom is -0.321 e. The quantitative estimate of drug-likeness (QED) is 0.454. The third-order valence-electron chi connectivity index (χ3n) is 5.70. The van der Waals surface area contributed by atoms with Crippen molar-refractivity contribution in [2.75, 3.05) is 16.7 Å². The van der Waals surface area contributed by atoms with Crippen LogP contribution in [0.2, 0.25) is 0 Å². The van der Waals surface area contributed by atoms with Crippen LogP contribution in [-0.4, -0.2) is 35.5 Å². The highest BCUT2D eigenvalue weighted by Gasteiger charge is 2.22. The van der Waals surface area contributed by atoms with Crippen LogP contribution in [0.25, 0.3) is 11.0 Å². The van der Waals surface area contributed by atoms with E-state index in [0.29, 0.717) is 5.69 Å². The van der Waals surface area contributed by atoms with E-state index in [1.807, 2.05) is 19.1 Å². The summed E-state index contributed by atoms with van der Waals surface area (Å²) in [5, 5.41) is 2.79. The van der Waals surface area contributed by atoms with Gasteiger partial charge in [0.2, 0.25) is 0 Å². The predicted octanol–water partition coefficient (Wildman–Crippen LogP) is 2.02. The molecular formula is C24H23N5O5S. The third-order valence-corrected chi connectivity index (χ3v) is 7.48. The fourth-order valence-corrected chi connectivity index (χ4v) is 4.83. The maximum atomic E-state index is 13.1. The summed E-state index contributed by atoms with van der Waals surface area (Å²) >= 11 is 0. The van der Waals surface area contributed by atoms with Gasteiger partial charge in [-0.1, -0.05) is 23.8 Å². The zero-order valence-electron chi connectivity index (χ0n) is 19.5. The Balaban J connectivity index is 1.64. The molecule has 0 aliphatic rings. The second-order valence-electron chi connectivity index (χ2n) is 8.09. The molecule has 2 aromatic carbocycles. The number of carbonyl (C=O) groups excluding carboxylic acids is 1. The molecule has 10 nitrogen and oxygen atoms in total. The van der Waals surface area contributed by atoms with Crippen LogP contribution in [0.1, 0.15) is 15.9 Å². The summed E-state index contributed by atoms with van der Waals surface area (Å²) in [4.78, 5) is 41.6. The summed E-state index contributed by atoms with van der Waals surface area (Å²) in [7, 11) is 0.380. The van der Waals surface area contributed by atoms with Gasteiger partial charge in [0.05, 0.1) is 27.9 Å². The molecule has 2 aromatic heterocycles. The highest BCUT2D eigenvalue weighted by atomic mass is 32.2. The van der Waals surface area contributed by atoms with Crippen molar-refractivity contribution in [3.63, 3.8) is 0 Å². The second kappa shape index (κ2) is 8.84. The number of amides is 1. The summed E-state index contributed by atoms with van der Waals surface area (Å²) in [6, 6.07) is 14.1. The lowest BCUT2D eigenvalue weighted by Gasteiger charge is -2.20. The molecule has 0 spiro atoms. The molecule has 0 saturated heterocycles. The second-order valence-corrected chi connectivity index (χ2v) is 10.1. The Morgan fingerprint density at radius 1 is 1.00 bits per heavy atom. The van der Waals surface area contributed by atoms with Crippen LogP contribution < -0.4 is 20.9 Å². The van der Waals surface area contributed by atoms with E-state index in [-0.39, 0.29) is 27.2 Å². The molecule has 0 aliphatic carbocycles. The van der Waals surface area contributed by atoms with Crippen LogP contribution in [0, 0.1) is 6.92 Å². The van der Waals surface area contributed by atoms with Crippen molar-refractivity contribution in [3.8, 4) is 0 Å². The number of nitrogens with one attached hydrogen (secondary N) is 1. The Hall–Kier alpha value is -4.25. The maximum Gasteiger partial charge on any atom is 0.332 e. The van der Waals surface area contributed by atoms with Crippen LogP contribution >= 0.6 is 0 Å². The lowest BCUT2D eigenvalue weighted by atomic mass is 10.2. The molecule has 4 aromatic rings. The Bertz CT molecular complexity index is 1690. The van der Waals surface area contributed by atoms with Crippen molar-refractivity contribution in [2.24, 2.45) is 14.1 Å². The molecule has 0 saturated carbocycles. The number of anilines is 2. The van der Waals surface area contributed by atoms with Gasteiger partial charge in [0, 0.05) is 26.7 Å². The minimum absolute atomic E-state index is 0.0475. The molecule has 0 fully saturated rings. The molecule has 1 N–H and O–H groups in total. The standard InChI is InChI=1S/C24H23N5O5S/c1-15-8-10-18(11-9-15)29(4)35(33,34)19-7-5-6-16(12-19)22(30)26-17-13-20-21(25-14-17)27(2)24(32)28(3)23(20)31/h5-14H,1-4H3,(H,26,30). The zero-order valence-corrected chi connectivity index (χ0v) is 20.3. The summed E-state index contributed by atoms with van der Waals surface area (Å²) in [6.45, 7) is 1.91. The SMILES string of the molecule is Cc1ccc(N(C)S(=O)(=O)c2cccc(C(=O)Nc3cnc4c(c3)c(=O)n(C)c(=O)n4C)c2)cc1. The largest absolute Gasteiger partial charge is 0.332 e. The van der Waals surface area contributed by atoms with Crippen LogP contribution in [0.15, 0.2) is 75.3 Å². The average Bonchev–Trinajstić information content (AvgIpc) is 2.86. The molecule has 0 unspecified atom stereocenters. The van der Waals surface area contributed by atoms with Gasteiger partial charge in [0.15, 0.2) is 0 Å². The van der Waals surface area contributed by atoms with Crippen molar-refractivity contribution in [2.45, 2.75) is 11.8 Å². The van der Waals surface area contributed by atoms with Crippen molar-refractivity contribution in [1.82, 2.24) is 14.1 Å². The van der Waals surface area contributed by atoms with Crippen LogP contribution in [0.5, 0.6) is 0 Å². The third kappa shape index (κ3) is 4.33. The van der Waals surface area contributed by atoms with Crippen LogP contribution in [0.4, 0.5) is 11.4 Å². The lowest BCUT2D eigenvalue weighted by Crippen LogP contribution is -2.37. The first-order chi connectivity index (χ1) is 16.5. The van der Waals surface area contributed by atoms with E-state index in [2.05, 4.69) is 10.3 Å². The van der Waals surface area contributed by atoms with Crippen molar-refractivity contribution >= 4 is 38.3 Å². The molecule has 0 bridgehead atoms. The van der Waals surface area contributed by atoms with Crippen LogP contribution in [-0.2, 0) is 24.1 Å². The summed E-state index contributed by atoms with van der Waals surface area (Å²) in [5.74, 6) is -0.581. The minimum atomic E-state index is -3.92. The Morgan fingerprint density at radius 2 is 1.69 bits per heavy atom. The smallest absolute Gasteiger partial charge is 0.321 e. The summed E-state index contributed by atoms with van der Waals surface area (Å²) < 4.78 is 29.6. The Kier molecular flexibility index (Phi) is 6.03. The van der Waals surface area contributed by atoms with E-state index in [9.17, 15) is 22.8 Å². The van der Waals surface area contributed by atoms with Gasteiger partial charge in [-0.3, -0.25) is 23.0 Å². The van der Waals surface area contributed by atoms with Crippen molar-refractivity contribution < 1.29 is 13.2 Å². The van der Waals surface area contributed by atoms with Gasteiger partial charge in [-0.2, -0.15) is 0 Å². The van der Waals surface area contributed by atoms with Crippen molar-refractivity contribution in [1.29, 1.82) is 0 Å². The fraction of sp³-hybridized carbons (Fsp3) is 0.167. The van der Waals surface area contributed by atoms with Crippen LogP contribution in [0.3, 0.4) is 0 Å². The number of hydrogen-bond donors (Lipinski definition) is 1. The highest BCUT2D eigenvalue weighted by molar-refractivity contribution is 7.92. The molecule has 0 atom stereocenters. The number of sulfonamides is 1. The van der Waals surface area contributed by atoms with Gasteiger partial charge in [0.25, 0.3) is 21.5 Å². The molecule has 2 heterocycles. The number of pyridine rings is 1. The fourth-order valence-electron chi connectivity index (χ4n) is 3.59. The van der Waals surface area contributed by atoms with E-state index in [0.717, 1.165) is 14.4 Å². The first-order valence-electron chi connectivity index (χ1n) is 10.5. The molecular weight excluding hydrogens is 470 g/mol. The lowest BCUT2D eigenvalue weighted by molar-refractivity contribution is 0.102. The number of aryl methyl sites for hydroxylation is 2. The summed E-state index contributed by atoms with van der Waals surface area (Å²) in [5.41, 5.74) is 0.952. The first kappa shape index (κ1) is 23.9. The van der Waals surface area contributed by atoms with Crippen molar-refractivity contribution in [3.05, 3.63) is 92.8 Å². The number of nitrogens with zero attached hydrogens (tertiary/aromatic N) is 4. The molecule has 11 heteroatoms. The van der Waals surface area contributed by atoms with E-state index < -0.39 is 27.2 Å². The molecule has 35 heavy (non-hydrogen) atoms.